The van der Waals surface area contributed by atoms with Crippen LogP contribution in [0.1, 0.15) is 30.7 Å². The van der Waals surface area contributed by atoms with Crippen molar-refractivity contribution in [3.63, 3.8) is 0 Å². The maximum Gasteiger partial charge on any atom is 0.303 e. The van der Waals surface area contributed by atoms with Crippen molar-refractivity contribution in [1.82, 2.24) is 4.90 Å². The van der Waals surface area contributed by atoms with Gasteiger partial charge in [-0.1, -0.05) is 42.5 Å². The Labute approximate surface area is 120 Å². The van der Waals surface area contributed by atoms with Gasteiger partial charge in [-0.15, -0.1) is 0 Å². The third kappa shape index (κ3) is 4.20. The van der Waals surface area contributed by atoms with Crippen LogP contribution in [0.15, 0.2) is 42.5 Å². The molecule has 20 heavy (non-hydrogen) atoms. The quantitative estimate of drug-likeness (QED) is 0.809. The van der Waals surface area contributed by atoms with Crippen molar-refractivity contribution in [3.05, 3.63) is 48.0 Å². The maximum atomic E-state index is 10.5. The molecule has 2 rings (SSSR count). The SMILES string of the molecule is CN1C[C@H](C/C=C\CCC(=O)O)[C@@H](c2ccccc2)C1. The summed E-state index contributed by atoms with van der Waals surface area (Å²) in [5, 5.41) is 8.61. The largest absolute Gasteiger partial charge is 0.481 e. The molecule has 0 spiro atoms. The zero-order chi connectivity index (χ0) is 14.4. The summed E-state index contributed by atoms with van der Waals surface area (Å²) in [6, 6.07) is 10.7. The second kappa shape index (κ2) is 7.25. The lowest BCUT2D eigenvalue weighted by molar-refractivity contribution is -0.136. The molecule has 1 aliphatic heterocycles. The molecule has 0 unspecified atom stereocenters. The first-order chi connectivity index (χ1) is 9.66. The second-order valence-corrected chi connectivity index (χ2v) is 5.64. The summed E-state index contributed by atoms with van der Waals surface area (Å²) in [5.41, 5.74) is 1.42. The number of nitrogens with zero attached hydrogens (tertiary/aromatic N) is 1. The Morgan fingerprint density at radius 2 is 2.05 bits per heavy atom. The molecule has 1 N–H and O–H groups in total. The Balaban J connectivity index is 1.90. The number of rotatable bonds is 6. The minimum atomic E-state index is -0.725. The lowest BCUT2D eigenvalue weighted by atomic mass is 9.87. The first-order valence-electron chi connectivity index (χ1n) is 7.27. The van der Waals surface area contributed by atoms with Crippen LogP contribution in [0.2, 0.25) is 0 Å². The lowest BCUT2D eigenvalue weighted by Crippen LogP contribution is -2.13. The van der Waals surface area contributed by atoms with Crippen molar-refractivity contribution >= 4 is 5.97 Å². The van der Waals surface area contributed by atoms with E-state index in [2.05, 4.69) is 48.4 Å². The Bertz CT molecular complexity index is 455. The Morgan fingerprint density at radius 3 is 2.75 bits per heavy atom. The Kier molecular flexibility index (Phi) is 5.36. The van der Waals surface area contributed by atoms with Crippen LogP contribution in [0.5, 0.6) is 0 Å². The molecule has 2 atom stereocenters. The first-order valence-corrected chi connectivity index (χ1v) is 7.27. The van der Waals surface area contributed by atoms with E-state index in [1.807, 2.05) is 6.08 Å². The van der Waals surface area contributed by atoms with E-state index >= 15 is 0 Å². The number of aliphatic carboxylic acids is 1. The highest BCUT2D eigenvalue weighted by atomic mass is 16.4. The fourth-order valence-electron chi connectivity index (χ4n) is 3.00. The summed E-state index contributed by atoms with van der Waals surface area (Å²) in [5.74, 6) is 0.492. The van der Waals surface area contributed by atoms with Gasteiger partial charge in [-0.25, -0.2) is 0 Å². The predicted octanol–water partition coefficient (Wildman–Crippen LogP) is 3.14. The molecule has 3 heteroatoms. The van der Waals surface area contributed by atoms with Crippen LogP contribution in [0.4, 0.5) is 0 Å². The summed E-state index contributed by atoms with van der Waals surface area (Å²) < 4.78 is 0. The number of likely N-dealkylation sites (N-methyl/N-ethyl adjacent to an activating group) is 1. The van der Waals surface area contributed by atoms with Crippen LogP contribution in [-0.4, -0.2) is 36.1 Å². The van der Waals surface area contributed by atoms with Crippen LogP contribution in [0, 0.1) is 5.92 Å². The predicted molar refractivity (Wildman–Crippen MR) is 80.8 cm³/mol. The molecule has 0 saturated carbocycles. The molecule has 1 saturated heterocycles. The molecule has 1 heterocycles. The van der Waals surface area contributed by atoms with E-state index in [1.165, 1.54) is 5.56 Å². The zero-order valence-corrected chi connectivity index (χ0v) is 12.0. The van der Waals surface area contributed by atoms with E-state index in [4.69, 9.17) is 5.11 Å². The van der Waals surface area contributed by atoms with Gasteiger partial charge in [-0.3, -0.25) is 4.79 Å². The van der Waals surface area contributed by atoms with Crippen molar-refractivity contribution < 1.29 is 9.90 Å². The van der Waals surface area contributed by atoms with Crippen molar-refractivity contribution in [2.75, 3.05) is 20.1 Å². The molecule has 0 aliphatic carbocycles. The fraction of sp³-hybridized carbons (Fsp3) is 0.471. The Hall–Kier alpha value is -1.61. The van der Waals surface area contributed by atoms with Gasteiger partial charge in [0.15, 0.2) is 0 Å². The third-order valence-electron chi connectivity index (χ3n) is 3.98. The van der Waals surface area contributed by atoms with Gasteiger partial charge in [0, 0.05) is 25.4 Å². The normalized spacial score (nSPS) is 23.4. The number of carboxylic acids is 1. The van der Waals surface area contributed by atoms with Crippen LogP contribution in [0.3, 0.4) is 0 Å². The van der Waals surface area contributed by atoms with Crippen LogP contribution < -0.4 is 0 Å². The van der Waals surface area contributed by atoms with E-state index in [9.17, 15) is 4.79 Å². The van der Waals surface area contributed by atoms with Crippen molar-refractivity contribution in [3.8, 4) is 0 Å². The molecule has 3 nitrogen and oxygen atoms in total. The molecule has 1 fully saturated rings. The fourth-order valence-corrected chi connectivity index (χ4v) is 3.00. The lowest BCUT2D eigenvalue weighted by Gasteiger charge is -2.17. The van der Waals surface area contributed by atoms with Crippen molar-refractivity contribution in [2.45, 2.75) is 25.2 Å². The monoisotopic (exact) mass is 273 g/mol. The molecular formula is C17H23NO2. The van der Waals surface area contributed by atoms with Gasteiger partial charge >= 0.3 is 5.97 Å². The zero-order valence-electron chi connectivity index (χ0n) is 12.0. The first kappa shape index (κ1) is 14.8. The standard InChI is InChI=1S/C17H23NO2/c1-18-12-15(10-6-3-7-11-17(19)20)16(13-18)14-8-4-2-5-9-14/h2-6,8-9,15-16H,7,10-13H2,1H3,(H,19,20)/b6-3-/t15-,16+/m0/s1. The topological polar surface area (TPSA) is 40.5 Å². The molecule has 0 amide bonds. The molecule has 1 aromatic rings. The van der Waals surface area contributed by atoms with Crippen molar-refractivity contribution in [1.29, 1.82) is 0 Å². The van der Waals surface area contributed by atoms with E-state index in [-0.39, 0.29) is 6.42 Å². The van der Waals surface area contributed by atoms with E-state index in [0.29, 0.717) is 18.3 Å². The molecule has 1 aliphatic rings. The molecule has 0 aromatic heterocycles. The summed E-state index contributed by atoms with van der Waals surface area (Å²) in [6.07, 6.45) is 6.05. The molecular weight excluding hydrogens is 250 g/mol. The van der Waals surface area contributed by atoms with Gasteiger partial charge in [0.1, 0.15) is 0 Å². The van der Waals surface area contributed by atoms with Gasteiger partial charge in [0.05, 0.1) is 0 Å². The van der Waals surface area contributed by atoms with E-state index in [1.54, 1.807) is 0 Å². The number of hydrogen-bond acceptors (Lipinski definition) is 2. The van der Waals surface area contributed by atoms with E-state index in [0.717, 1.165) is 19.5 Å². The number of carbonyl (C=O) groups is 1. The van der Waals surface area contributed by atoms with Gasteiger partial charge < -0.3 is 10.0 Å². The van der Waals surface area contributed by atoms with Gasteiger partial charge in [-0.05, 0) is 31.4 Å². The number of allylic oxidation sites excluding steroid dienone is 2. The minimum absolute atomic E-state index is 0.225. The summed E-state index contributed by atoms with van der Waals surface area (Å²) in [7, 11) is 2.17. The smallest absolute Gasteiger partial charge is 0.303 e. The van der Waals surface area contributed by atoms with Crippen LogP contribution in [0.25, 0.3) is 0 Å². The Morgan fingerprint density at radius 1 is 1.30 bits per heavy atom. The average Bonchev–Trinajstić information content (AvgIpc) is 2.80. The highest BCUT2D eigenvalue weighted by Gasteiger charge is 2.30. The molecule has 0 radical (unpaired) electrons. The highest BCUT2D eigenvalue weighted by molar-refractivity contribution is 5.66. The van der Waals surface area contributed by atoms with E-state index < -0.39 is 5.97 Å². The summed E-state index contributed by atoms with van der Waals surface area (Å²) in [6.45, 7) is 2.22. The summed E-state index contributed by atoms with van der Waals surface area (Å²) in [4.78, 5) is 12.8. The highest BCUT2D eigenvalue weighted by Crippen LogP contribution is 2.34. The van der Waals surface area contributed by atoms with Gasteiger partial charge in [-0.2, -0.15) is 0 Å². The van der Waals surface area contributed by atoms with Crippen LogP contribution in [-0.2, 0) is 4.79 Å². The molecule has 108 valence electrons. The number of benzene rings is 1. The molecule has 0 bridgehead atoms. The average molecular weight is 273 g/mol. The maximum absolute atomic E-state index is 10.5. The number of carboxylic acid groups (broad SMARTS) is 1. The van der Waals surface area contributed by atoms with Crippen LogP contribution >= 0.6 is 0 Å². The third-order valence-corrected chi connectivity index (χ3v) is 3.98. The molecule has 1 aromatic carbocycles. The second-order valence-electron chi connectivity index (χ2n) is 5.64. The minimum Gasteiger partial charge on any atom is -0.481 e. The number of hydrogen-bond donors (Lipinski definition) is 1. The van der Waals surface area contributed by atoms with Gasteiger partial charge in [0.2, 0.25) is 0 Å². The summed E-state index contributed by atoms with van der Waals surface area (Å²) >= 11 is 0. The van der Waals surface area contributed by atoms with Gasteiger partial charge in [0.25, 0.3) is 0 Å². The van der Waals surface area contributed by atoms with Crippen molar-refractivity contribution in [2.24, 2.45) is 5.92 Å². The number of likely N-dealkylation sites (tertiary alicyclic amines) is 1.